The third kappa shape index (κ3) is 4.38. The third-order valence-electron chi connectivity index (χ3n) is 5.06. The highest BCUT2D eigenvalue weighted by Crippen LogP contribution is 2.24. The van der Waals surface area contributed by atoms with Gasteiger partial charge >= 0.3 is 0 Å². The van der Waals surface area contributed by atoms with E-state index in [-0.39, 0.29) is 11.3 Å². The van der Waals surface area contributed by atoms with Gasteiger partial charge in [0.15, 0.2) is 5.69 Å². The van der Waals surface area contributed by atoms with Crippen LogP contribution in [0.3, 0.4) is 0 Å². The number of nitrogens with one attached hydrogen (secondary N) is 1. The Kier molecular flexibility index (Phi) is 5.95. The Bertz CT molecular complexity index is 765. The van der Waals surface area contributed by atoms with E-state index in [0.29, 0.717) is 5.69 Å². The van der Waals surface area contributed by atoms with E-state index < -0.39 is 0 Å². The van der Waals surface area contributed by atoms with E-state index in [2.05, 4.69) is 67.6 Å². The van der Waals surface area contributed by atoms with E-state index in [1.165, 1.54) is 5.56 Å². The maximum atomic E-state index is 13.1. The SMILES string of the molecule is CCCc1c(C(=O)N2CCCNCC2)nnn1-c1ccc(C(C)(C)C)cc1. The summed E-state index contributed by atoms with van der Waals surface area (Å²) in [4.78, 5) is 15.0. The van der Waals surface area contributed by atoms with Crippen molar-refractivity contribution in [2.75, 3.05) is 26.2 Å². The number of carbonyl (C=O) groups is 1. The predicted molar refractivity (Wildman–Crippen MR) is 107 cm³/mol. The Morgan fingerprint density at radius 1 is 1.15 bits per heavy atom. The summed E-state index contributed by atoms with van der Waals surface area (Å²) in [6.07, 6.45) is 2.69. The van der Waals surface area contributed by atoms with E-state index in [4.69, 9.17) is 0 Å². The molecule has 1 aromatic heterocycles. The van der Waals surface area contributed by atoms with Gasteiger partial charge in [-0.15, -0.1) is 5.10 Å². The lowest BCUT2D eigenvalue weighted by atomic mass is 9.87. The molecule has 0 unspecified atom stereocenters. The zero-order valence-electron chi connectivity index (χ0n) is 17.0. The molecule has 1 aromatic carbocycles. The second-order valence-corrected chi connectivity index (χ2v) is 8.24. The van der Waals surface area contributed by atoms with Crippen molar-refractivity contribution in [3.63, 3.8) is 0 Å². The largest absolute Gasteiger partial charge is 0.336 e. The van der Waals surface area contributed by atoms with Gasteiger partial charge in [0.2, 0.25) is 0 Å². The highest BCUT2D eigenvalue weighted by Gasteiger charge is 2.25. The molecule has 1 N–H and O–H groups in total. The van der Waals surface area contributed by atoms with Gasteiger partial charge in [-0.3, -0.25) is 4.79 Å². The van der Waals surface area contributed by atoms with Gasteiger partial charge in [-0.05, 0) is 42.5 Å². The van der Waals surface area contributed by atoms with Crippen LogP contribution in [0, 0.1) is 0 Å². The molecule has 0 saturated carbocycles. The van der Waals surface area contributed by atoms with Crippen LogP contribution in [-0.4, -0.2) is 52.0 Å². The summed E-state index contributed by atoms with van der Waals surface area (Å²) < 4.78 is 1.83. The molecule has 1 amide bonds. The Morgan fingerprint density at radius 2 is 1.89 bits per heavy atom. The Labute approximate surface area is 161 Å². The number of hydrogen-bond donors (Lipinski definition) is 1. The molecule has 0 atom stereocenters. The first kappa shape index (κ1) is 19.5. The van der Waals surface area contributed by atoms with Crippen LogP contribution in [0.5, 0.6) is 0 Å². The topological polar surface area (TPSA) is 63.1 Å². The number of hydrogen-bond acceptors (Lipinski definition) is 4. The molecule has 6 heteroatoms. The second-order valence-electron chi connectivity index (χ2n) is 8.24. The third-order valence-corrected chi connectivity index (χ3v) is 5.06. The van der Waals surface area contributed by atoms with Gasteiger partial charge in [0.1, 0.15) is 0 Å². The number of benzene rings is 1. The lowest BCUT2D eigenvalue weighted by molar-refractivity contribution is 0.0759. The van der Waals surface area contributed by atoms with Crippen molar-refractivity contribution in [2.45, 2.75) is 52.4 Å². The molecular weight excluding hydrogens is 338 g/mol. The van der Waals surface area contributed by atoms with Crippen LogP contribution >= 0.6 is 0 Å². The summed E-state index contributed by atoms with van der Waals surface area (Å²) in [7, 11) is 0. The van der Waals surface area contributed by atoms with Gasteiger partial charge in [0.05, 0.1) is 11.4 Å². The smallest absolute Gasteiger partial charge is 0.276 e. The maximum Gasteiger partial charge on any atom is 0.276 e. The summed E-state index contributed by atoms with van der Waals surface area (Å²) in [6, 6.07) is 8.40. The molecule has 0 radical (unpaired) electrons. The molecule has 1 aliphatic heterocycles. The standard InChI is InChI=1S/C21H31N5O/c1-5-7-18-19(20(27)25-14-6-12-22-13-15-25)23-24-26(18)17-10-8-16(9-11-17)21(2,3)4/h8-11,22H,5-7,12-15H2,1-4H3. The fourth-order valence-electron chi connectivity index (χ4n) is 3.44. The zero-order chi connectivity index (χ0) is 19.4. The number of amides is 1. The van der Waals surface area contributed by atoms with Crippen LogP contribution in [-0.2, 0) is 11.8 Å². The summed E-state index contributed by atoms with van der Waals surface area (Å²) in [5.41, 5.74) is 3.74. The van der Waals surface area contributed by atoms with Crippen molar-refractivity contribution in [1.82, 2.24) is 25.2 Å². The minimum absolute atomic E-state index is 0.000267. The van der Waals surface area contributed by atoms with Crippen molar-refractivity contribution in [3.8, 4) is 5.69 Å². The quantitative estimate of drug-likeness (QED) is 0.900. The Hall–Kier alpha value is -2.21. The van der Waals surface area contributed by atoms with Crippen LogP contribution in [0.25, 0.3) is 5.69 Å². The fourth-order valence-corrected chi connectivity index (χ4v) is 3.44. The lowest BCUT2D eigenvalue weighted by Gasteiger charge is -2.20. The first-order valence-corrected chi connectivity index (χ1v) is 9.97. The van der Waals surface area contributed by atoms with Gasteiger partial charge in [-0.2, -0.15) is 0 Å². The van der Waals surface area contributed by atoms with Crippen LogP contribution in [0.15, 0.2) is 24.3 Å². The van der Waals surface area contributed by atoms with Gasteiger partial charge in [-0.1, -0.05) is 51.5 Å². The van der Waals surface area contributed by atoms with E-state index in [9.17, 15) is 4.79 Å². The summed E-state index contributed by atoms with van der Waals surface area (Å²) in [5.74, 6) is -0.000267. The first-order chi connectivity index (χ1) is 12.9. The summed E-state index contributed by atoms with van der Waals surface area (Å²) >= 11 is 0. The first-order valence-electron chi connectivity index (χ1n) is 9.97. The minimum atomic E-state index is -0.000267. The van der Waals surface area contributed by atoms with Crippen LogP contribution in [0.2, 0.25) is 0 Å². The molecule has 0 aliphatic carbocycles. The number of aromatic nitrogens is 3. The van der Waals surface area contributed by atoms with Crippen LogP contribution in [0.4, 0.5) is 0 Å². The van der Waals surface area contributed by atoms with Gasteiger partial charge in [0, 0.05) is 19.6 Å². The summed E-state index contributed by atoms with van der Waals surface area (Å²) in [6.45, 7) is 12.0. The molecule has 2 heterocycles. The van der Waals surface area contributed by atoms with Crippen molar-refractivity contribution in [2.24, 2.45) is 0 Å². The van der Waals surface area contributed by atoms with Crippen molar-refractivity contribution in [3.05, 3.63) is 41.2 Å². The minimum Gasteiger partial charge on any atom is -0.336 e. The highest BCUT2D eigenvalue weighted by atomic mass is 16.2. The molecule has 1 aliphatic rings. The molecule has 0 bridgehead atoms. The van der Waals surface area contributed by atoms with Gasteiger partial charge in [-0.25, -0.2) is 4.68 Å². The van der Waals surface area contributed by atoms with Crippen LogP contribution < -0.4 is 5.32 Å². The molecule has 1 fully saturated rings. The molecule has 2 aromatic rings. The van der Waals surface area contributed by atoms with E-state index in [1.807, 2.05) is 9.58 Å². The predicted octanol–water partition coefficient (Wildman–Crippen LogP) is 2.95. The fraction of sp³-hybridized carbons (Fsp3) is 0.571. The van der Waals surface area contributed by atoms with Gasteiger partial charge < -0.3 is 10.2 Å². The molecule has 1 saturated heterocycles. The van der Waals surface area contributed by atoms with Crippen molar-refractivity contribution in [1.29, 1.82) is 0 Å². The van der Waals surface area contributed by atoms with E-state index in [1.54, 1.807) is 0 Å². The average molecular weight is 370 g/mol. The molecule has 146 valence electrons. The molecule has 27 heavy (non-hydrogen) atoms. The Balaban J connectivity index is 1.92. The highest BCUT2D eigenvalue weighted by molar-refractivity contribution is 5.93. The van der Waals surface area contributed by atoms with Crippen LogP contribution in [0.1, 0.15) is 62.3 Å². The monoisotopic (exact) mass is 369 g/mol. The van der Waals surface area contributed by atoms with E-state index in [0.717, 1.165) is 56.8 Å². The Morgan fingerprint density at radius 3 is 2.56 bits per heavy atom. The van der Waals surface area contributed by atoms with Crippen molar-refractivity contribution < 1.29 is 4.79 Å². The maximum absolute atomic E-state index is 13.1. The second kappa shape index (κ2) is 8.21. The number of rotatable bonds is 4. The molecular formula is C21H31N5O. The zero-order valence-corrected chi connectivity index (χ0v) is 17.0. The molecule has 0 spiro atoms. The molecule has 6 nitrogen and oxygen atoms in total. The number of nitrogens with zero attached hydrogens (tertiary/aromatic N) is 4. The molecule has 3 rings (SSSR count). The van der Waals surface area contributed by atoms with E-state index >= 15 is 0 Å². The van der Waals surface area contributed by atoms with Gasteiger partial charge in [0.25, 0.3) is 5.91 Å². The summed E-state index contributed by atoms with van der Waals surface area (Å²) in [5, 5.41) is 12.0. The normalized spacial score (nSPS) is 15.6. The number of carbonyl (C=O) groups excluding carboxylic acids is 1. The average Bonchev–Trinajstić information content (AvgIpc) is 2.87. The van der Waals surface area contributed by atoms with Crippen molar-refractivity contribution >= 4 is 5.91 Å². The lowest BCUT2D eigenvalue weighted by Crippen LogP contribution is -2.35.